The first-order valence-electron chi connectivity index (χ1n) is 9.11. The maximum absolute atomic E-state index is 10.4. The summed E-state index contributed by atoms with van der Waals surface area (Å²) in [5.41, 5.74) is -0.153. The van der Waals surface area contributed by atoms with E-state index in [1.165, 1.54) is 25.7 Å². The highest BCUT2D eigenvalue weighted by molar-refractivity contribution is 5.12. The standard InChI is InChI=1S/C20H34O3/c1-15(8-6-12-19(2,3)23-14-22-5)16-10-11-17-18(21)9-7-13-20(16,17)4/h15-18,21H,7-11,13-14H2,1-5H3/t15-,16-,17+,18+,20-/m1/s1. The van der Waals surface area contributed by atoms with Crippen molar-refractivity contribution >= 4 is 0 Å². The Kier molecular flexibility index (Phi) is 6.16. The van der Waals surface area contributed by atoms with E-state index < -0.39 is 5.60 Å². The highest BCUT2D eigenvalue weighted by Gasteiger charge is 2.51. The Morgan fingerprint density at radius 2 is 2.04 bits per heavy atom. The molecule has 2 saturated carbocycles. The Labute approximate surface area is 142 Å². The molecule has 2 fully saturated rings. The first-order valence-corrected chi connectivity index (χ1v) is 9.11. The minimum absolute atomic E-state index is 0.0848. The zero-order chi connectivity index (χ0) is 17.1. The fraction of sp³-hybridized carbons (Fsp3) is 0.900. The second kappa shape index (κ2) is 7.55. The summed E-state index contributed by atoms with van der Waals surface area (Å²) in [6, 6.07) is 0. The summed E-state index contributed by atoms with van der Waals surface area (Å²) in [4.78, 5) is 0. The second-order valence-corrected chi connectivity index (χ2v) is 8.30. The molecule has 0 saturated heterocycles. The van der Waals surface area contributed by atoms with Crippen LogP contribution in [0.4, 0.5) is 0 Å². The summed E-state index contributed by atoms with van der Waals surface area (Å²) in [7, 11) is 1.63. The van der Waals surface area contributed by atoms with Gasteiger partial charge in [0, 0.05) is 13.5 Å². The normalized spacial score (nSPS) is 35.3. The number of ether oxygens (including phenoxy) is 2. The van der Waals surface area contributed by atoms with Gasteiger partial charge in [0.1, 0.15) is 12.4 Å². The second-order valence-electron chi connectivity index (χ2n) is 8.30. The molecule has 0 aliphatic heterocycles. The zero-order valence-electron chi connectivity index (χ0n) is 15.5. The number of methoxy groups -OCH3 is 1. The Bertz CT molecular complexity index is 448. The lowest BCUT2D eigenvalue weighted by Gasteiger charge is -2.45. The molecule has 23 heavy (non-hydrogen) atoms. The third-order valence-corrected chi connectivity index (χ3v) is 6.20. The molecule has 0 unspecified atom stereocenters. The van der Waals surface area contributed by atoms with Crippen LogP contribution < -0.4 is 0 Å². The molecule has 2 aliphatic rings. The van der Waals surface area contributed by atoms with Crippen LogP contribution >= 0.6 is 0 Å². The van der Waals surface area contributed by atoms with Crippen LogP contribution in [-0.4, -0.2) is 30.7 Å². The number of aliphatic hydroxyl groups excluding tert-OH is 1. The number of fused-ring (bicyclic) bond motifs is 1. The van der Waals surface area contributed by atoms with Gasteiger partial charge >= 0.3 is 0 Å². The largest absolute Gasteiger partial charge is 0.393 e. The van der Waals surface area contributed by atoms with Crippen LogP contribution in [0.5, 0.6) is 0 Å². The third kappa shape index (κ3) is 4.29. The highest BCUT2D eigenvalue weighted by atomic mass is 16.7. The molecule has 3 heteroatoms. The molecule has 0 bridgehead atoms. The van der Waals surface area contributed by atoms with Gasteiger partial charge in [-0.05, 0) is 62.7 Å². The van der Waals surface area contributed by atoms with Gasteiger partial charge in [-0.1, -0.05) is 32.1 Å². The van der Waals surface area contributed by atoms with E-state index >= 15 is 0 Å². The third-order valence-electron chi connectivity index (χ3n) is 6.20. The van der Waals surface area contributed by atoms with Gasteiger partial charge in [-0.25, -0.2) is 0 Å². The van der Waals surface area contributed by atoms with E-state index in [1.807, 2.05) is 13.8 Å². The maximum Gasteiger partial charge on any atom is 0.148 e. The number of hydrogen-bond donors (Lipinski definition) is 1. The van der Waals surface area contributed by atoms with Crippen molar-refractivity contribution in [3.05, 3.63) is 0 Å². The van der Waals surface area contributed by atoms with Crippen molar-refractivity contribution in [3.63, 3.8) is 0 Å². The van der Waals surface area contributed by atoms with Gasteiger partial charge in [-0.15, -0.1) is 0 Å². The van der Waals surface area contributed by atoms with Crippen LogP contribution in [0.25, 0.3) is 0 Å². The van der Waals surface area contributed by atoms with Crippen molar-refractivity contribution in [2.75, 3.05) is 13.9 Å². The Hall–Kier alpha value is -0.560. The minimum atomic E-state index is -0.459. The predicted octanol–water partition coefficient (Wildman–Crippen LogP) is 3.99. The van der Waals surface area contributed by atoms with Crippen LogP contribution in [0.2, 0.25) is 0 Å². The van der Waals surface area contributed by atoms with Gasteiger partial charge in [0.05, 0.1) is 6.10 Å². The van der Waals surface area contributed by atoms with E-state index in [9.17, 15) is 5.11 Å². The molecule has 132 valence electrons. The predicted molar refractivity (Wildman–Crippen MR) is 92.8 cm³/mol. The first-order chi connectivity index (χ1) is 10.8. The summed E-state index contributed by atoms with van der Waals surface area (Å²) in [6.07, 6.45) is 6.67. The lowest BCUT2D eigenvalue weighted by atomic mass is 9.61. The van der Waals surface area contributed by atoms with Crippen LogP contribution in [0, 0.1) is 35.0 Å². The van der Waals surface area contributed by atoms with E-state index in [0.29, 0.717) is 23.2 Å². The summed E-state index contributed by atoms with van der Waals surface area (Å²) < 4.78 is 10.5. The maximum atomic E-state index is 10.4. The molecule has 0 aromatic carbocycles. The molecule has 0 radical (unpaired) electrons. The molecule has 2 rings (SSSR count). The van der Waals surface area contributed by atoms with Crippen molar-refractivity contribution in [2.24, 2.45) is 23.2 Å². The average molecular weight is 322 g/mol. The van der Waals surface area contributed by atoms with Gasteiger partial charge in [0.25, 0.3) is 0 Å². The van der Waals surface area contributed by atoms with E-state index in [4.69, 9.17) is 9.47 Å². The number of aliphatic hydroxyl groups is 1. The van der Waals surface area contributed by atoms with E-state index in [0.717, 1.165) is 12.8 Å². The molecule has 0 heterocycles. The molecule has 0 aromatic heterocycles. The highest BCUT2D eigenvalue weighted by Crippen LogP contribution is 2.58. The Morgan fingerprint density at radius 1 is 1.30 bits per heavy atom. The zero-order valence-corrected chi connectivity index (χ0v) is 15.5. The van der Waals surface area contributed by atoms with E-state index in [1.54, 1.807) is 7.11 Å². The van der Waals surface area contributed by atoms with Crippen LogP contribution in [-0.2, 0) is 9.47 Å². The summed E-state index contributed by atoms with van der Waals surface area (Å²) in [5, 5.41) is 10.4. The van der Waals surface area contributed by atoms with E-state index in [2.05, 4.69) is 25.7 Å². The van der Waals surface area contributed by atoms with Crippen LogP contribution in [0.3, 0.4) is 0 Å². The summed E-state index contributed by atoms with van der Waals surface area (Å²) >= 11 is 0. The summed E-state index contributed by atoms with van der Waals surface area (Å²) in [5.74, 6) is 8.33. The summed E-state index contributed by atoms with van der Waals surface area (Å²) in [6.45, 7) is 8.98. The molecule has 3 nitrogen and oxygen atoms in total. The molecular formula is C20H34O3. The quantitative estimate of drug-likeness (QED) is 0.614. The lowest BCUT2D eigenvalue weighted by Crippen LogP contribution is -2.41. The first kappa shape index (κ1) is 18.8. The molecule has 0 spiro atoms. The topological polar surface area (TPSA) is 38.7 Å². The van der Waals surface area contributed by atoms with Gasteiger partial charge < -0.3 is 14.6 Å². The molecule has 1 N–H and O–H groups in total. The fourth-order valence-corrected chi connectivity index (χ4v) is 4.93. The van der Waals surface area contributed by atoms with Crippen molar-refractivity contribution in [2.45, 2.75) is 77.9 Å². The monoisotopic (exact) mass is 322 g/mol. The Morgan fingerprint density at radius 3 is 2.74 bits per heavy atom. The van der Waals surface area contributed by atoms with Gasteiger partial charge in [-0.3, -0.25) is 0 Å². The van der Waals surface area contributed by atoms with Crippen LogP contribution in [0.1, 0.15) is 66.2 Å². The molecule has 0 aromatic rings. The smallest absolute Gasteiger partial charge is 0.148 e. The molecular weight excluding hydrogens is 288 g/mol. The minimum Gasteiger partial charge on any atom is -0.393 e. The molecule has 5 atom stereocenters. The van der Waals surface area contributed by atoms with Crippen molar-refractivity contribution < 1.29 is 14.6 Å². The molecule has 2 aliphatic carbocycles. The van der Waals surface area contributed by atoms with Crippen molar-refractivity contribution in [3.8, 4) is 11.8 Å². The van der Waals surface area contributed by atoms with Crippen molar-refractivity contribution in [1.29, 1.82) is 0 Å². The fourth-order valence-electron chi connectivity index (χ4n) is 4.93. The van der Waals surface area contributed by atoms with Crippen molar-refractivity contribution in [1.82, 2.24) is 0 Å². The number of rotatable bonds is 5. The van der Waals surface area contributed by atoms with Gasteiger partial charge in [-0.2, -0.15) is 0 Å². The van der Waals surface area contributed by atoms with E-state index in [-0.39, 0.29) is 12.9 Å². The lowest BCUT2D eigenvalue weighted by molar-refractivity contribution is -0.0877. The SMILES string of the molecule is COCOC(C)(C)C#CC[C@@H](C)[C@H]1CC[C@H]2[C@@H](O)CCC[C@]12C. The van der Waals surface area contributed by atoms with Gasteiger partial charge in [0.2, 0.25) is 0 Å². The van der Waals surface area contributed by atoms with Crippen LogP contribution in [0.15, 0.2) is 0 Å². The molecule has 0 amide bonds. The Balaban J connectivity index is 1.95. The average Bonchev–Trinajstić information content (AvgIpc) is 2.83. The number of hydrogen-bond acceptors (Lipinski definition) is 3. The van der Waals surface area contributed by atoms with Gasteiger partial charge in [0.15, 0.2) is 0 Å².